The smallest absolute Gasteiger partial charge is 0.0105 e. The Hall–Kier alpha value is -0.860. The van der Waals surface area contributed by atoms with Crippen molar-refractivity contribution in [2.24, 2.45) is 5.73 Å². The lowest BCUT2D eigenvalue weighted by Gasteiger charge is -2.39. The second-order valence-corrected chi connectivity index (χ2v) is 5.51. The molecule has 1 heterocycles. The van der Waals surface area contributed by atoms with Crippen molar-refractivity contribution in [3.8, 4) is 0 Å². The van der Waals surface area contributed by atoms with Gasteiger partial charge in [-0.2, -0.15) is 0 Å². The molecule has 0 amide bonds. The van der Waals surface area contributed by atoms with Gasteiger partial charge in [-0.05, 0) is 63.4 Å². The molecule has 0 saturated carbocycles. The first-order valence-corrected chi connectivity index (χ1v) is 6.58. The highest BCUT2D eigenvalue weighted by Crippen LogP contribution is 2.37. The largest absolute Gasteiger partial charge is 0.330 e. The van der Waals surface area contributed by atoms with Gasteiger partial charge in [0.1, 0.15) is 0 Å². The topological polar surface area (TPSA) is 38.0 Å². The molecule has 0 atom stereocenters. The van der Waals surface area contributed by atoms with Crippen molar-refractivity contribution in [1.29, 1.82) is 0 Å². The van der Waals surface area contributed by atoms with Crippen LogP contribution in [-0.2, 0) is 5.41 Å². The Morgan fingerprint density at radius 2 is 1.65 bits per heavy atom. The van der Waals surface area contributed by atoms with Gasteiger partial charge in [0.2, 0.25) is 0 Å². The van der Waals surface area contributed by atoms with Crippen LogP contribution in [0.2, 0.25) is 0 Å². The molecule has 0 aromatic heterocycles. The Labute approximate surface area is 105 Å². The van der Waals surface area contributed by atoms with E-state index in [1.54, 1.807) is 0 Å². The minimum Gasteiger partial charge on any atom is -0.330 e. The van der Waals surface area contributed by atoms with Gasteiger partial charge in [0.05, 0.1) is 0 Å². The van der Waals surface area contributed by atoms with E-state index in [0.717, 1.165) is 32.5 Å². The predicted molar refractivity (Wildman–Crippen MR) is 73.5 cm³/mol. The highest BCUT2D eigenvalue weighted by atomic mass is 14.9. The number of nitrogens with two attached hydrogens (primary N) is 1. The van der Waals surface area contributed by atoms with Gasteiger partial charge in [0.15, 0.2) is 0 Å². The molecule has 1 aliphatic rings. The van der Waals surface area contributed by atoms with Crippen LogP contribution in [0, 0.1) is 20.8 Å². The summed E-state index contributed by atoms with van der Waals surface area (Å²) in [7, 11) is 0. The van der Waals surface area contributed by atoms with Crippen LogP contribution >= 0.6 is 0 Å². The van der Waals surface area contributed by atoms with Crippen LogP contribution in [0.5, 0.6) is 0 Å². The van der Waals surface area contributed by atoms with E-state index < -0.39 is 0 Å². The Bertz CT molecular complexity index is 380. The molecular formula is C15H24N2. The van der Waals surface area contributed by atoms with Gasteiger partial charge in [-0.1, -0.05) is 17.7 Å². The standard InChI is InChI=1S/C15H24N2/c1-11-8-12(2)14(13(3)9-11)15(10-16)4-6-17-7-5-15/h8-9,17H,4-7,10,16H2,1-3H3. The molecule has 0 unspecified atom stereocenters. The number of aryl methyl sites for hydroxylation is 3. The van der Waals surface area contributed by atoms with E-state index in [-0.39, 0.29) is 5.41 Å². The normalized spacial score (nSPS) is 19.3. The second kappa shape index (κ2) is 4.79. The zero-order valence-electron chi connectivity index (χ0n) is 11.3. The predicted octanol–water partition coefficient (Wildman–Crippen LogP) is 2.19. The van der Waals surface area contributed by atoms with Crippen molar-refractivity contribution >= 4 is 0 Å². The summed E-state index contributed by atoms with van der Waals surface area (Å²) in [6.07, 6.45) is 2.32. The maximum Gasteiger partial charge on any atom is 0.0105 e. The molecule has 2 heteroatoms. The number of piperidine rings is 1. The quantitative estimate of drug-likeness (QED) is 0.820. The first kappa shape index (κ1) is 12.6. The number of nitrogens with one attached hydrogen (secondary N) is 1. The SMILES string of the molecule is Cc1cc(C)c(C2(CN)CCNCC2)c(C)c1. The van der Waals surface area contributed by atoms with Crippen molar-refractivity contribution in [1.82, 2.24) is 5.32 Å². The maximum absolute atomic E-state index is 6.12. The molecule has 94 valence electrons. The van der Waals surface area contributed by atoms with Gasteiger partial charge in [0, 0.05) is 12.0 Å². The van der Waals surface area contributed by atoms with Crippen LogP contribution < -0.4 is 11.1 Å². The first-order valence-electron chi connectivity index (χ1n) is 6.58. The van der Waals surface area contributed by atoms with E-state index in [9.17, 15) is 0 Å². The van der Waals surface area contributed by atoms with Crippen LogP contribution in [-0.4, -0.2) is 19.6 Å². The molecule has 17 heavy (non-hydrogen) atoms. The minimum atomic E-state index is 0.202. The number of hydrogen-bond donors (Lipinski definition) is 2. The van der Waals surface area contributed by atoms with Crippen molar-refractivity contribution in [2.75, 3.05) is 19.6 Å². The van der Waals surface area contributed by atoms with Gasteiger partial charge < -0.3 is 11.1 Å². The Morgan fingerprint density at radius 1 is 1.12 bits per heavy atom. The fourth-order valence-corrected chi connectivity index (χ4v) is 3.48. The summed E-state index contributed by atoms with van der Waals surface area (Å²) in [5, 5.41) is 3.44. The van der Waals surface area contributed by atoms with Gasteiger partial charge in [-0.3, -0.25) is 0 Å². The van der Waals surface area contributed by atoms with Crippen LogP contribution in [0.1, 0.15) is 35.1 Å². The van der Waals surface area contributed by atoms with Gasteiger partial charge in [-0.15, -0.1) is 0 Å². The molecule has 0 radical (unpaired) electrons. The van der Waals surface area contributed by atoms with Crippen LogP contribution in [0.15, 0.2) is 12.1 Å². The fraction of sp³-hybridized carbons (Fsp3) is 0.600. The van der Waals surface area contributed by atoms with Crippen molar-refractivity contribution in [3.63, 3.8) is 0 Å². The van der Waals surface area contributed by atoms with Crippen molar-refractivity contribution < 1.29 is 0 Å². The van der Waals surface area contributed by atoms with Crippen LogP contribution in [0.4, 0.5) is 0 Å². The van der Waals surface area contributed by atoms with Crippen molar-refractivity contribution in [3.05, 3.63) is 34.4 Å². The lowest BCUT2D eigenvalue weighted by atomic mass is 9.70. The van der Waals surface area contributed by atoms with Gasteiger partial charge in [0.25, 0.3) is 0 Å². The molecule has 2 nitrogen and oxygen atoms in total. The summed E-state index contributed by atoms with van der Waals surface area (Å²) in [4.78, 5) is 0. The summed E-state index contributed by atoms with van der Waals surface area (Å²) in [6, 6.07) is 4.59. The van der Waals surface area contributed by atoms with Crippen LogP contribution in [0.3, 0.4) is 0 Å². The van der Waals surface area contributed by atoms with E-state index >= 15 is 0 Å². The number of benzene rings is 1. The first-order chi connectivity index (χ1) is 8.09. The maximum atomic E-state index is 6.12. The average Bonchev–Trinajstić information content (AvgIpc) is 2.28. The zero-order chi connectivity index (χ0) is 12.5. The highest BCUT2D eigenvalue weighted by Gasteiger charge is 2.34. The molecule has 1 fully saturated rings. The van der Waals surface area contributed by atoms with E-state index in [1.165, 1.54) is 22.3 Å². The number of rotatable bonds is 2. The molecule has 0 spiro atoms. The van der Waals surface area contributed by atoms with Crippen molar-refractivity contribution in [2.45, 2.75) is 39.0 Å². The van der Waals surface area contributed by atoms with E-state index in [4.69, 9.17) is 5.73 Å². The minimum absolute atomic E-state index is 0.202. The molecule has 0 aliphatic carbocycles. The monoisotopic (exact) mass is 232 g/mol. The van der Waals surface area contributed by atoms with Gasteiger partial charge >= 0.3 is 0 Å². The Balaban J connectivity index is 2.50. The number of hydrogen-bond acceptors (Lipinski definition) is 2. The third kappa shape index (κ3) is 2.24. The van der Waals surface area contributed by atoms with E-state index in [0.29, 0.717) is 0 Å². The molecule has 1 aliphatic heterocycles. The third-order valence-electron chi connectivity index (χ3n) is 4.16. The Morgan fingerprint density at radius 3 is 2.12 bits per heavy atom. The van der Waals surface area contributed by atoms with Crippen LogP contribution in [0.25, 0.3) is 0 Å². The zero-order valence-corrected chi connectivity index (χ0v) is 11.3. The molecule has 1 aromatic rings. The summed E-state index contributed by atoms with van der Waals surface area (Å²) in [6.45, 7) is 9.57. The summed E-state index contributed by atoms with van der Waals surface area (Å²) in [5.74, 6) is 0. The summed E-state index contributed by atoms with van der Waals surface area (Å²) in [5.41, 5.74) is 12.0. The highest BCUT2D eigenvalue weighted by molar-refractivity contribution is 5.43. The lowest BCUT2D eigenvalue weighted by Crippen LogP contribution is -2.45. The molecule has 3 N–H and O–H groups in total. The molecule has 1 saturated heterocycles. The lowest BCUT2D eigenvalue weighted by molar-refractivity contribution is 0.313. The molecular weight excluding hydrogens is 208 g/mol. The third-order valence-corrected chi connectivity index (χ3v) is 4.16. The van der Waals surface area contributed by atoms with Gasteiger partial charge in [-0.25, -0.2) is 0 Å². The fourth-order valence-electron chi connectivity index (χ4n) is 3.48. The molecule has 1 aromatic carbocycles. The van der Waals surface area contributed by atoms with E-state index in [1.807, 2.05) is 0 Å². The second-order valence-electron chi connectivity index (χ2n) is 5.51. The summed E-state index contributed by atoms with van der Waals surface area (Å²) >= 11 is 0. The molecule has 2 rings (SSSR count). The average molecular weight is 232 g/mol. The Kier molecular flexibility index (Phi) is 3.55. The molecule has 0 bridgehead atoms. The summed E-state index contributed by atoms with van der Waals surface area (Å²) < 4.78 is 0. The van der Waals surface area contributed by atoms with E-state index in [2.05, 4.69) is 38.2 Å².